The fourth-order valence-electron chi connectivity index (χ4n) is 2.92. The average Bonchev–Trinajstić information content (AvgIpc) is 3.07. The summed E-state index contributed by atoms with van der Waals surface area (Å²) in [6.07, 6.45) is 0. The quantitative estimate of drug-likeness (QED) is 0.292. The lowest BCUT2D eigenvalue weighted by atomic mass is 10.1. The van der Waals surface area contributed by atoms with Gasteiger partial charge in [0.05, 0.1) is 27.4 Å². The number of hydrogen-bond donors (Lipinski definition) is 2. The summed E-state index contributed by atoms with van der Waals surface area (Å²) < 4.78 is 0. The second kappa shape index (κ2) is 7.32. The Balaban J connectivity index is 1.47. The van der Waals surface area contributed by atoms with E-state index in [0.717, 1.165) is 27.4 Å². The van der Waals surface area contributed by atoms with Crippen LogP contribution in [0.15, 0.2) is 59.8 Å². The van der Waals surface area contributed by atoms with Crippen molar-refractivity contribution in [1.29, 1.82) is 0 Å². The summed E-state index contributed by atoms with van der Waals surface area (Å²) in [5, 5.41) is 16.5. The van der Waals surface area contributed by atoms with Crippen molar-refractivity contribution in [1.82, 2.24) is 9.97 Å². The predicted molar refractivity (Wildman–Crippen MR) is 111 cm³/mol. The molecule has 0 radical (unpaired) electrons. The lowest BCUT2D eigenvalue weighted by molar-refractivity contribution is -0.384. The number of thioether (sulfide) groups is 1. The van der Waals surface area contributed by atoms with E-state index in [4.69, 9.17) is 0 Å². The van der Waals surface area contributed by atoms with Crippen molar-refractivity contribution in [3.63, 3.8) is 0 Å². The molecule has 3 aromatic carbocycles. The number of hydrogen-bond acceptors (Lipinski definition) is 5. The van der Waals surface area contributed by atoms with Crippen LogP contribution < -0.4 is 5.32 Å². The Kier molecular flexibility index (Phi) is 4.70. The van der Waals surface area contributed by atoms with E-state index in [2.05, 4.69) is 15.3 Å². The number of aromatic nitrogens is 2. The molecule has 0 aliphatic carbocycles. The number of H-pyrrole nitrogens is 1. The molecule has 0 bridgehead atoms. The fraction of sp³-hybridized carbons (Fsp3) is 0.100. The Bertz CT molecular complexity index is 1170. The van der Waals surface area contributed by atoms with E-state index in [1.54, 1.807) is 13.0 Å². The highest BCUT2D eigenvalue weighted by Gasteiger charge is 2.12. The van der Waals surface area contributed by atoms with E-state index in [1.807, 2.05) is 36.4 Å². The molecule has 0 saturated heterocycles. The molecule has 4 aromatic rings. The molecule has 0 fully saturated rings. The molecule has 1 aromatic heterocycles. The van der Waals surface area contributed by atoms with Crippen molar-refractivity contribution < 1.29 is 9.72 Å². The first kappa shape index (κ1) is 18.0. The number of anilines is 1. The van der Waals surface area contributed by atoms with Crippen LogP contribution in [-0.2, 0) is 4.79 Å². The Labute approximate surface area is 164 Å². The Morgan fingerprint density at radius 1 is 1.18 bits per heavy atom. The van der Waals surface area contributed by atoms with Gasteiger partial charge < -0.3 is 10.3 Å². The first-order chi connectivity index (χ1) is 13.5. The lowest BCUT2D eigenvalue weighted by Crippen LogP contribution is -2.15. The number of nitro groups is 1. The van der Waals surface area contributed by atoms with Crippen LogP contribution in [-0.4, -0.2) is 26.6 Å². The van der Waals surface area contributed by atoms with Gasteiger partial charge in [0.1, 0.15) is 0 Å². The lowest BCUT2D eigenvalue weighted by Gasteiger charge is -2.07. The minimum absolute atomic E-state index is 0.0575. The fourth-order valence-corrected chi connectivity index (χ4v) is 3.61. The van der Waals surface area contributed by atoms with Crippen molar-refractivity contribution in [2.24, 2.45) is 0 Å². The van der Waals surface area contributed by atoms with Gasteiger partial charge in [0.2, 0.25) is 5.91 Å². The van der Waals surface area contributed by atoms with Gasteiger partial charge in [0.15, 0.2) is 5.16 Å². The van der Waals surface area contributed by atoms with Gasteiger partial charge in [-0.1, -0.05) is 42.1 Å². The molecule has 7 nitrogen and oxygen atoms in total. The smallest absolute Gasteiger partial charge is 0.271 e. The molecule has 1 amide bonds. The third-order valence-electron chi connectivity index (χ3n) is 4.37. The average molecular weight is 392 g/mol. The third kappa shape index (κ3) is 3.67. The Hall–Kier alpha value is -3.39. The predicted octanol–water partition coefficient (Wildman–Crippen LogP) is 4.66. The molecule has 0 spiro atoms. The summed E-state index contributed by atoms with van der Waals surface area (Å²) >= 11 is 1.28. The topological polar surface area (TPSA) is 101 Å². The number of non-ortho nitro benzene ring substituents is 1. The highest BCUT2D eigenvalue weighted by molar-refractivity contribution is 7.99. The van der Waals surface area contributed by atoms with Gasteiger partial charge >= 0.3 is 0 Å². The number of carbonyl (C=O) groups is 1. The molecule has 0 aliphatic heterocycles. The summed E-state index contributed by atoms with van der Waals surface area (Å²) in [6.45, 7) is 1.79. The van der Waals surface area contributed by atoms with Gasteiger partial charge in [0.25, 0.3) is 5.69 Å². The van der Waals surface area contributed by atoms with Crippen molar-refractivity contribution in [2.75, 3.05) is 11.1 Å². The number of fused-ring (bicyclic) bond motifs is 2. The zero-order valence-corrected chi connectivity index (χ0v) is 15.7. The maximum absolute atomic E-state index is 12.3. The number of aromatic amines is 1. The number of carbonyl (C=O) groups excluding carboxylic acids is 1. The normalized spacial score (nSPS) is 11.0. The Morgan fingerprint density at radius 3 is 2.68 bits per heavy atom. The second-order valence-corrected chi connectivity index (χ2v) is 7.32. The second-order valence-electron chi connectivity index (χ2n) is 6.35. The number of nitrogens with zero attached hydrogens (tertiary/aromatic N) is 2. The van der Waals surface area contributed by atoms with E-state index < -0.39 is 4.92 Å². The third-order valence-corrected chi connectivity index (χ3v) is 5.25. The first-order valence-electron chi connectivity index (χ1n) is 8.56. The minimum Gasteiger partial charge on any atom is -0.333 e. The van der Waals surface area contributed by atoms with Crippen LogP contribution in [0.5, 0.6) is 0 Å². The Morgan fingerprint density at radius 2 is 1.93 bits per heavy atom. The maximum atomic E-state index is 12.3. The van der Waals surface area contributed by atoms with Gasteiger partial charge in [-0.25, -0.2) is 4.98 Å². The number of benzene rings is 3. The molecule has 0 saturated carbocycles. The van der Waals surface area contributed by atoms with Crippen LogP contribution in [0.1, 0.15) is 5.56 Å². The monoisotopic (exact) mass is 392 g/mol. The highest BCUT2D eigenvalue weighted by Crippen LogP contribution is 2.25. The largest absolute Gasteiger partial charge is 0.333 e. The zero-order chi connectivity index (χ0) is 19.7. The molecular formula is C20H16N4O3S. The van der Waals surface area contributed by atoms with Crippen LogP contribution in [0.2, 0.25) is 0 Å². The van der Waals surface area contributed by atoms with Crippen LogP contribution in [0.4, 0.5) is 11.4 Å². The maximum Gasteiger partial charge on any atom is 0.271 e. The van der Waals surface area contributed by atoms with Crippen LogP contribution in [0, 0.1) is 17.0 Å². The molecular weight excluding hydrogens is 376 g/mol. The van der Waals surface area contributed by atoms with E-state index >= 15 is 0 Å². The van der Waals surface area contributed by atoms with Gasteiger partial charge in [-0.3, -0.25) is 14.9 Å². The van der Waals surface area contributed by atoms with Crippen molar-refractivity contribution in [3.05, 3.63) is 70.3 Å². The van der Waals surface area contributed by atoms with E-state index in [-0.39, 0.29) is 17.3 Å². The molecule has 0 aliphatic rings. The SMILES string of the molecule is Cc1ccc([N+](=O)[O-])cc1NC(=O)CSc1nc2cc3ccccc3cc2[nH]1. The van der Waals surface area contributed by atoms with Crippen LogP contribution in [0.3, 0.4) is 0 Å². The summed E-state index contributed by atoms with van der Waals surface area (Å²) in [5.41, 5.74) is 2.90. The van der Waals surface area contributed by atoms with Gasteiger partial charge in [0, 0.05) is 12.1 Å². The first-order valence-corrected chi connectivity index (χ1v) is 9.54. The summed E-state index contributed by atoms with van der Waals surface area (Å²) in [6, 6.07) is 16.5. The minimum atomic E-state index is -0.484. The standard InChI is InChI=1S/C20H16N4O3S/c1-12-6-7-15(24(26)27)10-16(12)21-19(25)11-28-20-22-17-8-13-4-2-3-5-14(13)9-18(17)23-20/h2-10H,11H2,1H3,(H,21,25)(H,22,23). The van der Waals surface area contributed by atoms with Crippen molar-refractivity contribution in [2.45, 2.75) is 12.1 Å². The molecule has 140 valence electrons. The molecule has 0 unspecified atom stereocenters. The van der Waals surface area contributed by atoms with E-state index in [1.165, 1.54) is 23.9 Å². The molecule has 2 N–H and O–H groups in total. The molecule has 28 heavy (non-hydrogen) atoms. The number of nitro benzene ring substituents is 1. The molecule has 8 heteroatoms. The van der Waals surface area contributed by atoms with Gasteiger partial charge in [-0.05, 0) is 35.4 Å². The molecule has 1 heterocycles. The highest BCUT2D eigenvalue weighted by atomic mass is 32.2. The number of rotatable bonds is 5. The van der Waals surface area contributed by atoms with E-state index in [0.29, 0.717) is 10.8 Å². The number of aryl methyl sites for hydroxylation is 1. The molecule has 4 rings (SSSR count). The number of imidazole rings is 1. The molecule has 0 atom stereocenters. The zero-order valence-electron chi connectivity index (χ0n) is 14.9. The summed E-state index contributed by atoms with van der Waals surface area (Å²) in [5.74, 6) is -0.110. The van der Waals surface area contributed by atoms with Gasteiger partial charge in [-0.15, -0.1) is 0 Å². The van der Waals surface area contributed by atoms with Gasteiger partial charge in [-0.2, -0.15) is 0 Å². The number of amides is 1. The van der Waals surface area contributed by atoms with Crippen LogP contribution in [0.25, 0.3) is 21.8 Å². The van der Waals surface area contributed by atoms with Crippen molar-refractivity contribution >= 4 is 50.8 Å². The summed E-state index contributed by atoms with van der Waals surface area (Å²) in [4.78, 5) is 30.5. The summed E-state index contributed by atoms with van der Waals surface area (Å²) in [7, 11) is 0. The van der Waals surface area contributed by atoms with E-state index in [9.17, 15) is 14.9 Å². The van der Waals surface area contributed by atoms with Crippen molar-refractivity contribution in [3.8, 4) is 0 Å². The number of nitrogens with one attached hydrogen (secondary N) is 2. The van der Waals surface area contributed by atoms with Crippen LogP contribution >= 0.6 is 11.8 Å².